The highest BCUT2D eigenvalue weighted by molar-refractivity contribution is 7.92. The van der Waals surface area contributed by atoms with E-state index >= 15 is 0 Å². The van der Waals surface area contributed by atoms with Crippen LogP contribution in [0.3, 0.4) is 0 Å². The Morgan fingerprint density at radius 2 is 1.67 bits per heavy atom. The number of carboxylic acid groups (broad SMARTS) is 1. The van der Waals surface area contributed by atoms with Crippen molar-refractivity contribution in [2.45, 2.75) is 68.2 Å². The minimum Gasteiger partial charge on any atom is -0.476 e. The molecule has 4 saturated carbocycles. The Morgan fingerprint density at radius 3 is 2.39 bits per heavy atom. The minimum atomic E-state index is -3.77. The molecule has 5 aliphatic rings. The summed E-state index contributed by atoms with van der Waals surface area (Å²) in [6, 6.07) is 18.6. The lowest BCUT2D eigenvalue weighted by molar-refractivity contribution is 0.0337. The third-order valence-corrected chi connectivity index (χ3v) is 15.2. The summed E-state index contributed by atoms with van der Waals surface area (Å²) < 4.78 is 29.1. The maximum absolute atomic E-state index is 14.5. The quantitative estimate of drug-likeness (QED) is 0.177. The molecule has 2 N–H and O–H groups in total. The SMILES string of the molecule is Cc1c(-c2ccc(N3CCc4cccc(C(=O)Nc5nc6ccccc6s5)c4C3)nc2C(=O)O)ccnc1S(=O)(=O)C12CC3CC(CC(C3)C1)C2. The summed E-state index contributed by atoms with van der Waals surface area (Å²) in [5.74, 6) is 0.370. The Bertz CT molecular complexity index is 2300. The van der Waals surface area contributed by atoms with E-state index in [-0.39, 0.29) is 16.6 Å². The first kappa shape index (κ1) is 32.2. The first-order valence-corrected chi connectivity index (χ1v) is 19.9. The molecule has 4 aliphatic carbocycles. The molecular weight excluding hydrogens is 683 g/mol. The lowest BCUT2D eigenvalue weighted by Gasteiger charge is -2.55. The molecule has 0 radical (unpaired) electrons. The Labute approximate surface area is 299 Å². The zero-order valence-electron chi connectivity index (χ0n) is 28.1. The number of carbonyl (C=O) groups is 2. The molecule has 12 heteroatoms. The van der Waals surface area contributed by atoms with Gasteiger partial charge in [-0.05, 0) is 128 Å². The minimum absolute atomic E-state index is 0.0617. The Morgan fingerprint density at radius 1 is 0.922 bits per heavy atom. The van der Waals surface area contributed by atoms with E-state index in [1.54, 1.807) is 31.2 Å². The van der Waals surface area contributed by atoms with Crippen LogP contribution in [0.25, 0.3) is 21.3 Å². The van der Waals surface area contributed by atoms with Crippen molar-refractivity contribution in [3.8, 4) is 11.1 Å². The van der Waals surface area contributed by atoms with Gasteiger partial charge < -0.3 is 10.0 Å². The summed E-state index contributed by atoms with van der Waals surface area (Å²) in [4.78, 5) is 41.9. The van der Waals surface area contributed by atoms with Crippen LogP contribution in [0.4, 0.5) is 10.9 Å². The van der Waals surface area contributed by atoms with E-state index in [9.17, 15) is 23.1 Å². The average Bonchev–Trinajstić information content (AvgIpc) is 3.52. The predicted octanol–water partition coefficient (Wildman–Crippen LogP) is 7.32. The molecule has 1 aliphatic heterocycles. The van der Waals surface area contributed by atoms with Gasteiger partial charge >= 0.3 is 5.97 Å². The van der Waals surface area contributed by atoms with Crippen LogP contribution in [-0.4, -0.2) is 51.6 Å². The molecule has 4 fully saturated rings. The van der Waals surface area contributed by atoms with Gasteiger partial charge in [0.05, 0.1) is 15.0 Å². The van der Waals surface area contributed by atoms with Crippen molar-refractivity contribution in [2.24, 2.45) is 17.8 Å². The molecule has 0 spiro atoms. The van der Waals surface area contributed by atoms with Gasteiger partial charge in [-0.15, -0.1) is 0 Å². The molecule has 260 valence electrons. The summed E-state index contributed by atoms with van der Waals surface area (Å²) in [5, 5.41) is 14.0. The number of thiazole rings is 1. The van der Waals surface area contributed by atoms with Crippen LogP contribution in [0.5, 0.6) is 0 Å². The van der Waals surface area contributed by atoms with Gasteiger partial charge in [-0.1, -0.05) is 35.6 Å². The van der Waals surface area contributed by atoms with Gasteiger partial charge in [0.15, 0.2) is 15.9 Å². The summed E-state index contributed by atoms with van der Waals surface area (Å²) >= 11 is 1.42. The molecule has 4 bridgehead atoms. The third kappa shape index (κ3) is 5.33. The number of nitrogens with zero attached hydrogens (tertiary/aromatic N) is 4. The Hall–Kier alpha value is -4.68. The molecule has 4 heterocycles. The summed E-state index contributed by atoms with van der Waals surface area (Å²) in [5.41, 5.74) is 4.42. The first-order chi connectivity index (χ1) is 24.6. The number of aromatic nitrogens is 3. The van der Waals surface area contributed by atoms with Gasteiger partial charge in [0, 0.05) is 30.4 Å². The second-order valence-electron chi connectivity index (χ2n) is 14.8. The van der Waals surface area contributed by atoms with Crippen molar-refractivity contribution < 1.29 is 23.1 Å². The highest BCUT2D eigenvalue weighted by Crippen LogP contribution is 2.59. The van der Waals surface area contributed by atoms with Crippen LogP contribution in [0.1, 0.15) is 76.1 Å². The topological polar surface area (TPSA) is 142 Å². The second-order valence-corrected chi connectivity index (χ2v) is 18.1. The van der Waals surface area contributed by atoms with Crippen LogP contribution in [-0.2, 0) is 22.8 Å². The highest BCUT2D eigenvalue weighted by atomic mass is 32.2. The molecule has 2 aromatic carbocycles. The molecule has 51 heavy (non-hydrogen) atoms. The number of amides is 1. The summed E-state index contributed by atoms with van der Waals surface area (Å²) in [6.45, 7) is 2.69. The zero-order chi connectivity index (χ0) is 35.1. The maximum atomic E-state index is 14.5. The van der Waals surface area contributed by atoms with E-state index < -0.39 is 20.6 Å². The number of aromatic carboxylic acids is 1. The van der Waals surface area contributed by atoms with Crippen molar-refractivity contribution in [1.29, 1.82) is 0 Å². The standard InChI is InChI=1S/C39H37N5O5S2/c1-22-27(11-13-40-36(22)51(48,49)39-18-23-15-24(19-39)17-25(16-23)20-39)28-9-10-33(42-34(28)37(46)47)44-14-12-26-5-4-6-29(30(26)21-44)35(45)43-38-41-31-7-2-3-8-32(31)50-38/h2-11,13,23-25H,12,14-21H2,1H3,(H,46,47)(H,41,43,45). The number of rotatable bonds is 7. The Balaban J connectivity index is 1.01. The molecule has 0 saturated heterocycles. The number of nitrogens with one attached hydrogen (secondary N) is 1. The number of pyridine rings is 2. The van der Waals surface area contributed by atoms with Crippen molar-refractivity contribution in [1.82, 2.24) is 15.0 Å². The number of carboxylic acids is 1. The average molecular weight is 720 g/mol. The van der Waals surface area contributed by atoms with Gasteiger partial charge in [0.25, 0.3) is 5.91 Å². The summed E-state index contributed by atoms with van der Waals surface area (Å²) in [6.07, 6.45) is 7.58. The molecule has 10 nitrogen and oxygen atoms in total. The smallest absolute Gasteiger partial charge is 0.355 e. The fourth-order valence-corrected chi connectivity index (χ4v) is 13.1. The normalized spacial score (nSPS) is 23.7. The predicted molar refractivity (Wildman–Crippen MR) is 196 cm³/mol. The van der Waals surface area contributed by atoms with Crippen molar-refractivity contribution in [3.05, 3.63) is 94.8 Å². The van der Waals surface area contributed by atoms with Crippen LogP contribution in [0.2, 0.25) is 0 Å². The van der Waals surface area contributed by atoms with Crippen molar-refractivity contribution >= 4 is 54.2 Å². The monoisotopic (exact) mass is 719 g/mol. The fraction of sp³-hybridized carbons (Fsp3) is 0.359. The van der Waals surface area contributed by atoms with Crippen molar-refractivity contribution in [3.63, 3.8) is 0 Å². The van der Waals surface area contributed by atoms with Gasteiger partial charge in [-0.2, -0.15) is 0 Å². The number of sulfone groups is 1. The second kappa shape index (κ2) is 11.9. The number of carbonyl (C=O) groups excluding carboxylic acids is 1. The number of anilines is 2. The number of benzene rings is 2. The van der Waals surface area contributed by atoms with Crippen LogP contribution in [0.15, 0.2) is 71.9 Å². The molecule has 5 aromatic rings. The van der Waals surface area contributed by atoms with Gasteiger partial charge in [0.1, 0.15) is 5.82 Å². The third-order valence-electron chi connectivity index (χ3n) is 11.7. The number of hydrogen-bond acceptors (Lipinski definition) is 9. The number of para-hydroxylation sites is 1. The molecule has 1 amide bonds. The maximum Gasteiger partial charge on any atom is 0.355 e. The first-order valence-electron chi connectivity index (χ1n) is 17.6. The van der Waals surface area contributed by atoms with E-state index in [0.29, 0.717) is 89.7 Å². The van der Waals surface area contributed by atoms with E-state index in [2.05, 4.69) is 20.3 Å². The van der Waals surface area contributed by atoms with E-state index in [0.717, 1.165) is 40.6 Å². The Kier molecular flexibility index (Phi) is 7.55. The lowest BCUT2D eigenvalue weighted by atomic mass is 9.56. The van der Waals surface area contributed by atoms with Crippen LogP contribution >= 0.6 is 11.3 Å². The highest BCUT2D eigenvalue weighted by Gasteiger charge is 2.58. The number of fused-ring (bicyclic) bond motifs is 2. The fourth-order valence-electron chi connectivity index (χ4n) is 9.73. The zero-order valence-corrected chi connectivity index (χ0v) is 29.8. The molecule has 3 aromatic heterocycles. The lowest BCUT2D eigenvalue weighted by Crippen LogP contribution is -2.54. The van der Waals surface area contributed by atoms with E-state index in [4.69, 9.17) is 0 Å². The van der Waals surface area contributed by atoms with Gasteiger partial charge in [-0.3, -0.25) is 10.1 Å². The van der Waals surface area contributed by atoms with Crippen molar-refractivity contribution in [2.75, 3.05) is 16.8 Å². The van der Waals surface area contributed by atoms with E-state index in [1.165, 1.54) is 17.5 Å². The van der Waals surface area contributed by atoms with Gasteiger partial charge in [-0.25, -0.2) is 28.2 Å². The summed E-state index contributed by atoms with van der Waals surface area (Å²) in [7, 11) is -3.77. The molecule has 0 atom stereocenters. The van der Waals surface area contributed by atoms with Gasteiger partial charge in [0.2, 0.25) is 9.84 Å². The molecule has 10 rings (SSSR count). The van der Waals surface area contributed by atoms with Crippen LogP contribution < -0.4 is 10.2 Å². The van der Waals surface area contributed by atoms with Crippen LogP contribution in [0, 0.1) is 24.7 Å². The molecular formula is C39H37N5O5S2. The van der Waals surface area contributed by atoms with E-state index in [1.807, 2.05) is 41.3 Å². The largest absolute Gasteiger partial charge is 0.476 e. The number of hydrogen-bond donors (Lipinski definition) is 2. The molecule has 0 unspecified atom stereocenters.